The van der Waals surface area contributed by atoms with E-state index in [1.165, 1.54) is 0 Å². The maximum atomic E-state index is 13.0. The Morgan fingerprint density at radius 3 is 2.24 bits per heavy atom. The molecule has 0 radical (unpaired) electrons. The van der Waals surface area contributed by atoms with Gasteiger partial charge >= 0.3 is 6.18 Å². The van der Waals surface area contributed by atoms with Crippen LogP contribution in [0.3, 0.4) is 0 Å². The number of rotatable bonds is 4. The summed E-state index contributed by atoms with van der Waals surface area (Å²) >= 11 is 5.92. The van der Waals surface area contributed by atoms with Gasteiger partial charge < -0.3 is 4.90 Å². The second kappa shape index (κ2) is 7.41. The zero-order valence-electron chi connectivity index (χ0n) is 15.2. The average Bonchev–Trinajstić information content (AvgIpc) is 3.53. The Hall–Kier alpha value is -1.91. The third-order valence-electron chi connectivity index (χ3n) is 5.11. The predicted molar refractivity (Wildman–Crippen MR) is 101 cm³/mol. The van der Waals surface area contributed by atoms with Crippen LogP contribution in [0.15, 0.2) is 35.2 Å². The topological polar surface area (TPSA) is 66.4 Å². The van der Waals surface area contributed by atoms with Crippen molar-refractivity contribution in [3.8, 4) is 0 Å². The molecule has 1 aliphatic carbocycles. The van der Waals surface area contributed by atoms with Gasteiger partial charge in [0.05, 0.1) is 16.3 Å². The summed E-state index contributed by atoms with van der Waals surface area (Å²) in [5.74, 6) is 1.15. The van der Waals surface area contributed by atoms with Crippen LogP contribution in [0.1, 0.15) is 30.0 Å². The normalized spacial score (nSPS) is 18.8. The van der Waals surface area contributed by atoms with Crippen molar-refractivity contribution in [2.75, 3.05) is 31.1 Å². The molecule has 2 aromatic rings. The lowest BCUT2D eigenvalue weighted by Crippen LogP contribution is -2.49. The zero-order valence-corrected chi connectivity index (χ0v) is 16.8. The molecule has 6 nitrogen and oxygen atoms in total. The van der Waals surface area contributed by atoms with Crippen molar-refractivity contribution in [1.29, 1.82) is 0 Å². The first-order valence-electron chi connectivity index (χ1n) is 9.12. The van der Waals surface area contributed by atoms with E-state index in [1.54, 1.807) is 0 Å². The van der Waals surface area contributed by atoms with Gasteiger partial charge in [-0.25, -0.2) is 8.42 Å². The van der Waals surface area contributed by atoms with E-state index in [9.17, 15) is 21.6 Å². The second-order valence-corrected chi connectivity index (χ2v) is 9.44. The average molecular weight is 447 g/mol. The number of halogens is 4. The smallest absolute Gasteiger partial charge is 0.352 e. The highest BCUT2D eigenvalue weighted by Crippen LogP contribution is 2.39. The van der Waals surface area contributed by atoms with Crippen LogP contribution in [0.25, 0.3) is 0 Å². The van der Waals surface area contributed by atoms with Crippen molar-refractivity contribution in [3.63, 3.8) is 0 Å². The summed E-state index contributed by atoms with van der Waals surface area (Å²) in [5, 5.41) is 8.22. The molecular weight excluding hydrogens is 429 g/mol. The number of hydrogen-bond donors (Lipinski definition) is 0. The number of alkyl halides is 3. The first-order chi connectivity index (χ1) is 13.7. The van der Waals surface area contributed by atoms with Crippen molar-refractivity contribution < 1.29 is 21.6 Å². The molecule has 0 bridgehead atoms. The minimum Gasteiger partial charge on any atom is -0.352 e. The standard InChI is InChI=1S/C18H18ClF3N4O2S/c19-14-4-3-13(18(20,21)22)11-16(14)29(27,28)26-9-7-25(8-10-26)17-6-5-15(23-24-17)12-1-2-12/h3-6,11-12H,1-2,7-10H2. The van der Waals surface area contributed by atoms with Gasteiger partial charge in [-0.1, -0.05) is 11.6 Å². The number of piperazine rings is 1. The summed E-state index contributed by atoms with van der Waals surface area (Å²) in [6.45, 7) is 0.933. The van der Waals surface area contributed by atoms with E-state index in [-0.39, 0.29) is 18.1 Å². The van der Waals surface area contributed by atoms with Crippen LogP contribution in [0.4, 0.5) is 19.0 Å². The molecule has 0 atom stereocenters. The van der Waals surface area contributed by atoms with E-state index >= 15 is 0 Å². The van der Waals surface area contributed by atoms with Crippen molar-refractivity contribution in [2.45, 2.75) is 29.8 Å². The SMILES string of the molecule is O=S(=O)(c1cc(C(F)(F)F)ccc1Cl)N1CCN(c2ccc(C3CC3)nn2)CC1. The van der Waals surface area contributed by atoms with Gasteiger partial charge in [0.25, 0.3) is 0 Å². The third-order valence-corrected chi connectivity index (χ3v) is 7.49. The molecule has 0 spiro atoms. The summed E-state index contributed by atoms with van der Waals surface area (Å²) in [6, 6.07) is 6.12. The summed E-state index contributed by atoms with van der Waals surface area (Å²) in [6.07, 6.45) is -2.40. The predicted octanol–water partition coefficient (Wildman–Crippen LogP) is 3.54. The Balaban J connectivity index is 1.48. The summed E-state index contributed by atoms with van der Waals surface area (Å²) in [7, 11) is -4.15. The molecule has 2 heterocycles. The molecule has 1 aromatic heterocycles. The number of hydrogen-bond acceptors (Lipinski definition) is 5. The highest BCUT2D eigenvalue weighted by Gasteiger charge is 2.35. The van der Waals surface area contributed by atoms with E-state index in [2.05, 4.69) is 10.2 Å². The quantitative estimate of drug-likeness (QED) is 0.718. The molecule has 0 N–H and O–H groups in total. The first kappa shape index (κ1) is 20.4. The molecule has 1 aromatic carbocycles. The molecule has 2 fully saturated rings. The van der Waals surface area contributed by atoms with Gasteiger partial charge in [0.2, 0.25) is 10.0 Å². The number of benzene rings is 1. The largest absolute Gasteiger partial charge is 0.416 e. The van der Waals surface area contributed by atoms with Gasteiger partial charge in [0.15, 0.2) is 5.82 Å². The van der Waals surface area contributed by atoms with E-state index in [4.69, 9.17) is 11.6 Å². The molecule has 156 valence electrons. The van der Waals surface area contributed by atoms with Gasteiger partial charge in [-0.2, -0.15) is 22.6 Å². The molecular formula is C18H18ClF3N4O2S. The highest BCUT2D eigenvalue weighted by atomic mass is 35.5. The lowest BCUT2D eigenvalue weighted by molar-refractivity contribution is -0.137. The summed E-state index contributed by atoms with van der Waals surface area (Å²) < 4.78 is 65.9. The van der Waals surface area contributed by atoms with Gasteiger partial charge in [0, 0.05) is 32.1 Å². The van der Waals surface area contributed by atoms with Crippen LogP contribution in [0.5, 0.6) is 0 Å². The second-order valence-electron chi connectivity index (χ2n) is 7.12. The van der Waals surface area contributed by atoms with Gasteiger partial charge in [0.1, 0.15) is 4.90 Å². The lowest BCUT2D eigenvalue weighted by Gasteiger charge is -2.34. The zero-order chi connectivity index (χ0) is 20.8. The Morgan fingerprint density at radius 2 is 1.69 bits per heavy atom. The van der Waals surface area contributed by atoms with Gasteiger partial charge in [-0.15, -0.1) is 5.10 Å². The van der Waals surface area contributed by atoms with E-state index in [0.29, 0.717) is 30.9 Å². The van der Waals surface area contributed by atoms with Crippen LogP contribution >= 0.6 is 11.6 Å². The molecule has 4 rings (SSSR count). The molecule has 1 saturated heterocycles. The fraction of sp³-hybridized carbons (Fsp3) is 0.444. The van der Waals surface area contributed by atoms with Crippen LogP contribution in [0, 0.1) is 0 Å². The molecule has 2 aliphatic rings. The number of nitrogens with zero attached hydrogens (tertiary/aromatic N) is 4. The molecule has 1 saturated carbocycles. The van der Waals surface area contributed by atoms with Crippen LogP contribution in [-0.2, 0) is 16.2 Å². The summed E-state index contributed by atoms with van der Waals surface area (Å²) in [4.78, 5) is 1.37. The molecule has 0 unspecified atom stereocenters. The Morgan fingerprint density at radius 1 is 1.00 bits per heavy atom. The molecule has 29 heavy (non-hydrogen) atoms. The van der Waals surface area contributed by atoms with Crippen LogP contribution < -0.4 is 4.90 Å². The van der Waals surface area contributed by atoms with Crippen molar-refractivity contribution >= 4 is 27.4 Å². The van der Waals surface area contributed by atoms with E-state index in [1.807, 2.05) is 17.0 Å². The Labute approximate surface area is 171 Å². The Kier molecular flexibility index (Phi) is 5.20. The number of aromatic nitrogens is 2. The highest BCUT2D eigenvalue weighted by molar-refractivity contribution is 7.89. The van der Waals surface area contributed by atoms with E-state index in [0.717, 1.165) is 35.0 Å². The van der Waals surface area contributed by atoms with Crippen LogP contribution in [-0.4, -0.2) is 49.1 Å². The molecule has 0 amide bonds. The maximum absolute atomic E-state index is 13.0. The lowest BCUT2D eigenvalue weighted by atomic mass is 10.2. The minimum absolute atomic E-state index is 0.112. The fourth-order valence-corrected chi connectivity index (χ4v) is 5.20. The van der Waals surface area contributed by atoms with Crippen molar-refractivity contribution in [3.05, 3.63) is 46.6 Å². The molecule has 1 aliphatic heterocycles. The van der Waals surface area contributed by atoms with Crippen LogP contribution in [0.2, 0.25) is 5.02 Å². The monoisotopic (exact) mass is 446 g/mol. The Bertz CT molecular complexity index is 1000. The number of sulfonamides is 1. The summed E-state index contributed by atoms with van der Waals surface area (Å²) in [5.41, 5.74) is -0.0840. The maximum Gasteiger partial charge on any atom is 0.416 e. The fourth-order valence-electron chi connectivity index (χ4n) is 3.28. The first-order valence-corrected chi connectivity index (χ1v) is 10.9. The number of anilines is 1. The van der Waals surface area contributed by atoms with Gasteiger partial charge in [-0.3, -0.25) is 0 Å². The van der Waals surface area contributed by atoms with Crippen molar-refractivity contribution in [1.82, 2.24) is 14.5 Å². The third kappa shape index (κ3) is 4.19. The van der Waals surface area contributed by atoms with Crippen molar-refractivity contribution in [2.24, 2.45) is 0 Å². The van der Waals surface area contributed by atoms with Gasteiger partial charge in [-0.05, 0) is 43.2 Å². The molecule has 11 heteroatoms. The minimum atomic E-state index is -4.65. The van der Waals surface area contributed by atoms with E-state index < -0.39 is 26.7 Å².